The van der Waals surface area contributed by atoms with Crippen molar-refractivity contribution in [1.82, 2.24) is 10.2 Å². The number of amides is 1. The van der Waals surface area contributed by atoms with E-state index in [1.54, 1.807) is 0 Å². The van der Waals surface area contributed by atoms with Crippen molar-refractivity contribution >= 4 is 18.3 Å². The Bertz CT molecular complexity index is 443. The highest BCUT2D eigenvalue weighted by molar-refractivity contribution is 5.85. The van der Waals surface area contributed by atoms with E-state index in [-0.39, 0.29) is 24.9 Å². The maximum Gasteiger partial charge on any atom is 0.248 e. The van der Waals surface area contributed by atoms with Crippen LogP contribution in [0.3, 0.4) is 0 Å². The van der Waals surface area contributed by atoms with Crippen molar-refractivity contribution < 1.29 is 14.3 Å². The number of rotatable bonds is 8. The lowest BCUT2D eigenvalue weighted by atomic mass is 9.98. The highest BCUT2D eigenvalue weighted by Crippen LogP contribution is 2.15. The summed E-state index contributed by atoms with van der Waals surface area (Å²) in [6, 6.07) is 9.61. The molecule has 0 spiro atoms. The van der Waals surface area contributed by atoms with Crippen molar-refractivity contribution in [2.45, 2.75) is 12.8 Å². The molecule has 2 rings (SSSR count). The smallest absolute Gasteiger partial charge is 0.248 e. The standard InChI is InChI=1S/C17H26N2O3.ClH/c1-18-12-15-6-5-9-19(13-15)17(20)14-21-10-11-22-16-7-3-2-4-8-16;/h2-4,7-8,15,18H,5-6,9-14H2,1H3;1H. The molecule has 6 heteroatoms. The zero-order valence-corrected chi connectivity index (χ0v) is 14.5. The van der Waals surface area contributed by atoms with Crippen molar-refractivity contribution in [3.63, 3.8) is 0 Å². The summed E-state index contributed by atoms with van der Waals surface area (Å²) >= 11 is 0. The molecule has 1 fully saturated rings. The van der Waals surface area contributed by atoms with Crippen LogP contribution >= 0.6 is 12.4 Å². The normalized spacial score (nSPS) is 17.4. The average molecular weight is 343 g/mol. The first-order valence-corrected chi connectivity index (χ1v) is 7.97. The van der Waals surface area contributed by atoms with Crippen LogP contribution in [0.5, 0.6) is 5.75 Å². The van der Waals surface area contributed by atoms with Gasteiger partial charge in [-0.25, -0.2) is 0 Å². The van der Waals surface area contributed by atoms with Gasteiger partial charge in [0.2, 0.25) is 5.91 Å². The van der Waals surface area contributed by atoms with E-state index in [0.717, 1.165) is 31.8 Å². The molecule has 1 aliphatic heterocycles. The number of hydrogen-bond acceptors (Lipinski definition) is 4. The molecule has 1 unspecified atom stereocenters. The van der Waals surface area contributed by atoms with Gasteiger partial charge in [-0.2, -0.15) is 0 Å². The molecule has 1 aromatic carbocycles. The van der Waals surface area contributed by atoms with Crippen molar-refractivity contribution in [1.29, 1.82) is 0 Å². The van der Waals surface area contributed by atoms with Gasteiger partial charge in [-0.1, -0.05) is 18.2 Å². The van der Waals surface area contributed by atoms with Crippen LogP contribution in [0.2, 0.25) is 0 Å². The summed E-state index contributed by atoms with van der Waals surface area (Å²) in [6.45, 7) is 3.68. The van der Waals surface area contributed by atoms with E-state index in [2.05, 4.69) is 5.32 Å². The summed E-state index contributed by atoms with van der Waals surface area (Å²) in [5.74, 6) is 1.47. The van der Waals surface area contributed by atoms with Crippen LogP contribution in [-0.4, -0.2) is 57.3 Å². The maximum atomic E-state index is 12.1. The number of hydrogen-bond donors (Lipinski definition) is 1. The maximum absolute atomic E-state index is 12.1. The number of carbonyl (C=O) groups excluding carboxylic acids is 1. The molecule has 1 amide bonds. The molecular weight excluding hydrogens is 316 g/mol. The quantitative estimate of drug-likeness (QED) is 0.734. The molecule has 0 bridgehead atoms. The largest absolute Gasteiger partial charge is 0.491 e. The van der Waals surface area contributed by atoms with E-state index < -0.39 is 0 Å². The molecule has 1 N–H and O–H groups in total. The van der Waals surface area contributed by atoms with Crippen LogP contribution in [-0.2, 0) is 9.53 Å². The Hall–Kier alpha value is -1.30. The third kappa shape index (κ3) is 7.20. The number of para-hydroxylation sites is 1. The second-order valence-electron chi connectivity index (χ2n) is 5.62. The fourth-order valence-corrected chi connectivity index (χ4v) is 2.73. The monoisotopic (exact) mass is 342 g/mol. The van der Waals surface area contributed by atoms with Crippen molar-refractivity contribution in [2.75, 3.05) is 46.5 Å². The van der Waals surface area contributed by atoms with Crippen LogP contribution in [0.1, 0.15) is 12.8 Å². The molecule has 130 valence electrons. The zero-order valence-electron chi connectivity index (χ0n) is 13.7. The SMILES string of the molecule is CNCC1CCCN(C(=O)COCCOc2ccccc2)C1.Cl. The topological polar surface area (TPSA) is 50.8 Å². The van der Waals surface area contributed by atoms with Gasteiger partial charge in [0.25, 0.3) is 0 Å². The minimum atomic E-state index is 0. The number of carbonyl (C=O) groups is 1. The minimum Gasteiger partial charge on any atom is -0.491 e. The minimum absolute atomic E-state index is 0. The molecule has 0 radical (unpaired) electrons. The number of nitrogens with zero attached hydrogens (tertiary/aromatic N) is 1. The van der Waals surface area contributed by atoms with Gasteiger partial charge < -0.3 is 19.7 Å². The summed E-state index contributed by atoms with van der Waals surface area (Å²) in [5.41, 5.74) is 0. The lowest BCUT2D eigenvalue weighted by molar-refractivity contribution is -0.138. The van der Waals surface area contributed by atoms with Gasteiger partial charge in [0.1, 0.15) is 19.0 Å². The van der Waals surface area contributed by atoms with Gasteiger partial charge in [0, 0.05) is 13.1 Å². The van der Waals surface area contributed by atoms with Crippen LogP contribution in [0, 0.1) is 5.92 Å². The number of benzene rings is 1. The van der Waals surface area contributed by atoms with Gasteiger partial charge in [0.15, 0.2) is 0 Å². The predicted molar refractivity (Wildman–Crippen MR) is 93.2 cm³/mol. The van der Waals surface area contributed by atoms with Gasteiger partial charge in [0.05, 0.1) is 6.61 Å². The van der Waals surface area contributed by atoms with Gasteiger partial charge in [-0.3, -0.25) is 4.79 Å². The lowest BCUT2D eigenvalue weighted by Crippen LogP contribution is -2.44. The molecule has 1 heterocycles. The lowest BCUT2D eigenvalue weighted by Gasteiger charge is -2.32. The molecule has 1 saturated heterocycles. The van der Waals surface area contributed by atoms with Gasteiger partial charge in [-0.05, 0) is 44.5 Å². The fraction of sp³-hybridized carbons (Fsp3) is 0.588. The van der Waals surface area contributed by atoms with Crippen LogP contribution in [0.15, 0.2) is 30.3 Å². The van der Waals surface area contributed by atoms with Crippen molar-refractivity contribution in [3.8, 4) is 5.75 Å². The second-order valence-corrected chi connectivity index (χ2v) is 5.62. The van der Waals surface area contributed by atoms with E-state index >= 15 is 0 Å². The number of halogens is 1. The molecule has 0 saturated carbocycles. The summed E-state index contributed by atoms with van der Waals surface area (Å²) in [7, 11) is 1.95. The van der Waals surface area contributed by atoms with Crippen LogP contribution in [0.25, 0.3) is 0 Å². The summed E-state index contributed by atoms with van der Waals surface area (Å²) in [6.07, 6.45) is 2.27. The summed E-state index contributed by atoms with van der Waals surface area (Å²) in [4.78, 5) is 14.0. The first kappa shape index (κ1) is 19.7. The van der Waals surface area contributed by atoms with E-state index in [4.69, 9.17) is 9.47 Å². The predicted octanol–water partition coefficient (Wildman–Crippen LogP) is 1.96. The highest BCUT2D eigenvalue weighted by atomic mass is 35.5. The van der Waals surface area contributed by atoms with Crippen LogP contribution < -0.4 is 10.1 Å². The first-order chi connectivity index (χ1) is 10.8. The highest BCUT2D eigenvalue weighted by Gasteiger charge is 2.22. The summed E-state index contributed by atoms with van der Waals surface area (Å²) < 4.78 is 11.0. The molecule has 0 aromatic heterocycles. The Morgan fingerprint density at radius 1 is 1.30 bits per heavy atom. The number of ether oxygens (including phenoxy) is 2. The van der Waals surface area contributed by atoms with E-state index in [1.165, 1.54) is 6.42 Å². The third-order valence-corrected chi connectivity index (χ3v) is 3.83. The van der Waals surface area contributed by atoms with Crippen LogP contribution in [0.4, 0.5) is 0 Å². The molecule has 1 aliphatic rings. The summed E-state index contributed by atoms with van der Waals surface area (Å²) in [5, 5.41) is 3.19. The third-order valence-electron chi connectivity index (χ3n) is 3.83. The van der Waals surface area contributed by atoms with Gasteiger partial charge >= 0.3 is 0 Å². The average Bonchev–Trinajstić information content (AvgIpc) is 2.56. The molecule has 1 aromatic rings. The van der Waals surface area contributed by atoms with Crippen molar-refractivity contribution in [2.24, 2.45) is 5.92 Å². The Balaban J connectivity index is 0.00000264. The Morgan fingerprint density at radius 3 is 2.83 bits per heavy atom. The Kier molecular flexibility index (Phi) is 9.67. The fourth-order valence-electron chi connectivity index (χ4n) is 2.73. The first-order valence-electron chi connectivity index (χ1n) is 7.97. The van der Waals surface area contributed by atoms with E-state index in [1.807, 2.05) is 42.3 Å². The zero-order chi connectivity index (χ0) is 15.6. The molecule has 5 nitrogen and oxygen atoms in total. The second kappa shape index (κ2) is 11.3. The Morgan fingerprint density at radius 2 is 2.09 bits per heavy atom. The van der Waals surface area contributed by atoms with Gasteiger partial charge in [-0.15, -0.1) is 12.4 Å². The number of nitrogens with one attached hydrogen (secondary N) is 1. The Labute approximate surface area is 144 Å². The van der Waals surface area contributed by atoms with Crippen molar-refractivity contribution in [3.05, 3.63) is 30.3 Å². The number of piperidine rings is 1. The molecule has 23 heavy (non-hydrogen) atoms. The van der Waals surface area contributed by atoms with E-state index in [9.17, 15) is 4.79 Å². The molecule has 1 atom stereocenters. The molecular formula is C17H27ClN2O3. The number of likely N-dealkylation sites (tertiary alicyclic amines) is 1. The van der Waals surface area contributed by atoms with E-state index in [0.29, 0.717) is 19.1 Å². The molecule has 0 aliphatic carbocycles.